The molecule has 0 unspecified atom stereocenters. The maximum absolute atomic E-state index is 12.8. The molecule has 0 spiro atoms. The Labute approximate surface area is 172 Å². The highest BCUT2D eigenvalue weighted by molar-refractivity contribution is 6.07. The van der Waals surface area contributed by atoms with Gasteiger partial charge in [-0.15, -0.1) is 0 Å². The Morgan fingerprint density at radius 1 is 1.27 bits per heavy atom. The van der Waals surface area contributed by atoms with Crippen molar-refractivity contribution < 1.29 is 9.53 Å². The fourth-order valence-electron chi connectivity index (χ4n) is 3.66. The third kappa shape index (κ3) is 3.25. The quantitative estimate of drug-likeness (QED) is 0.549. The second-order valence-electron chi connectivity index (χ2n) is 6.95. The molecule has 1 N–H and O–H groups in total. The molecule has 0 fully saturated rings. The van der Waals surface area contributed by atoms with Crippen molar-refractivity contribution in [3.05, 3.63) is 71.9 Å². The lowest BCUT2D eigenvalue weighted by Crippen LogP contribution is -2.28. The molecule has 0 radical (unpaired) electrons. The largest absolute Gasteiger partial charge is 0.378 e. The monoisotopic (exact) mass is 401 g/mol. The van der Waals surface area contributed by atoms with Crippen LogP contribution in [0.25, 0.3) is 5.78 Å². The van der Waals surface area contributed by atoms with Crippen molar-refractivity contribution in [2.24, 2.45) is 0 Å². The van der Waals surface area contributed by atoms with Gasteiger partial charge in [-0.3, -0.25) is 9.78 Å². The molecule has 0 atom stereocenters. The first-order valence-corrected chi connectivity index (χ1v) is 9.53. The van der Waals surface area contributed by atoms with Gasteiger partial charge in [-0.05, 0) is 42.3 Å². The van der Waals surface area contributed by atoms with Crippen LogP contribution in [0.3, 0.4) is 0 Å². The highest BCUT2D eigenvalue weighted by Gasteiger charge is 2.26. The van der Waals surface area contributed by atoms with E-state index in [2.05, 4.69) is 31.4 Å². The summed E-state index contributed by atoms with van der Waals surface area (Å²) in [5, 5.41) is 7.63. The molecule has 3 aromatic heterocycles. The minimum Gasteiger partial charge on any atom is -0.378 e. The number of aromatic nitrogens is 5. The number of ether oxygens (including phenoxy) is 1. The molecule has 1 aliphatic rings. The number of amides is 1. The van der Waals surface area contributed by atoms with E-state index in [4.69, 9.17) is 4.74 Å². The SMILES string of the molecule is COCc1cc(Nc2ccc3c(c2)CCN3C(=O)c2cccnc2)n2ncnc2n1. The lowest BCUT2D eigenvalue weighted by atomic mass is 10.1. The second kappa shape index (κ2) is 7.53. The van der Waals surface area contributed by atoms with Crippen molar-refractivity contribution in [3.63, 3.8) is 0 Å². The third-order valence-electron chi connectivity index (χ3n) is 5.00. The molecule has 0 aliphatic carbocycles. The van der Waals surface area contributed by atoms with Gasteiger partial charge in [0.2, 0.25) is 0 Å². The van der Waals surface area contributed by atoms with E-state index < -0.39 is 0 Å². The van der Waals surface area contributed by atoms with Gasteiger partial charge in [-0.25, -0.2) is 4.98 Å². The molecule has 0 saturated carbocycles. The molecule has 4 heterocycles. The average molecular weight is 401 g/mol. The summed E-state index contributed by atoms with van der Waals surface area (Å²) in [5.41, 5.74) is 4.28. The zero-order valence-corrected chi connectivity index (χ0v) is 16.3. The molecule has 1 amide bonds. The molecule has 0 saturated heterocycles. The highest BCUT2D eigenvalue weighted by atomic mass is 16.5. The molecular weight excluding hydrogens is 382 g/mol. The number of carbonyl (C=O) groups is 1. The number of fused-ring (bicyclic) bond motifs is 2. The number of hydrogen-bond acceptors (Lipinski definition) is 7. The lowest BCUT2D eigenvalue weighted by Gasteiger charge is -2.17. The van der Waals surface area contributed by atoms with Gasteiger partial charge in [0.1, 0.15) is 12.1 Å². The zero-order valence-electron chi connectivity index (χ0n) is 16.3. The number of anilines is 3. The van der Waals surface area contributed by atoms with E-state index in [1.165, 1.54) is 6.33 Å². The van der Waals surface area contributed by atoms with Gasteiger partial charge in [-0.2, -0.15) is 14.6 Å². The molecular formula is C21H19N7O2. The first kappa shape index (κ1) is 18.2. The number of pyridine rings is 1. The van der Waals surface area contributed by atoms with Crippen molar-refractivity contribution in [2.45, 2.75) is 13.0 Å². The van der Waals surface area contributed by atoms with Gasteiger partial charge in [0.15, 0.2) is 0 Å². The van der Waals surface area contributed by atoms with Crippen molar-refractivity contribution in [1.82, 2.24) is 24.6 Å². The number of carbonyl (C=O) groups excluding carboxylic acids is 1. The van der Waals surface area contributed by atoms with E-state index in [1.807, 2.05) is 18.2 Å². The highest BCUT2D eigenvalue weighted by Crippen LogP contribution is 2.32. The van der Waals surface area contributed by atoms with Crippen LogP contribution in [0.5, 0.6) is 0 Å². The van der Waals surface area contributed by atoms with E-state index >= 15 is 0 Å². The van der Waals surface area contributed by atoms with Gasteiger partial charge < -0.3 is 15.0 Å². The Morgan fingerprint density at radius 3 is 3.03 bits per heavy atom. The predicted molar refractivity (Wildman–Crippen MR) is 111 cm³/mol. The number of methoxy groups -OCH3 is 1. The summed E-state index contributed by atoms with van der Waals surface area (Å²) in [6, 6.07) is 11.4. The Kier molecular flexibility index (Phi) is 4.56. The fraction of sp³-hybridized carbons (Fsp3) is 0.190. The van der Waals surface area contributed by atoms with Gasteiger partial charge in [-0.1, -0.05) is 0 Å². The van der Waals surface area contributed by atoms with E-state index in [0.717, 1.165) is 34.9 Å². The topological polar surface area (TPSA) is 97.5 Å². The number of rotatable bonds is 5. The van der Waals surface area contributed by atoms with Crippen LogP contribution in [0.4, 0.5) is 17.2 Å². The number of benzene rings is 1. The zero-order chi connectivity index (χ0) is 20.5. The lowest BCUT2D eigenvalue weighted by molar-refractivity contribution is 0.0989. The molecule has 4 aromatic rings. The summed E-state index contributed by atoms with van der Waals surface area (Å²) in [6.45, 7) is 1.03. The summed E-state index contributed by atoms with van der Waals surface area (Å²) >= 11 is 0. The Balaban J connectivity index is 1.43. The minimum atomic E-state index is -0.0368. The third-order valence-corrected chi connectivity index (χ3v) is 5.00. The van der Waals surface area contributed by atoms with E-state index in [-0.39, 0.29) is 5.91 Å². The van der Waals surface area contributed by atoms with E-state index in [0.29, 0.717) is 24.5 Å². The number of nitrogens with zero attached hydrogens (tertiary/aromatic N) is 6. The molecule has 0 bridgehead atoms. The molecule has 5 rings (SSSR count). The van der Waals surface area contributed by atoms with Crippen LogP contribution < -0.4 is 10.2 Å². The molecule has 9 heteroatoms. The molecule has 9 nitrogen and oxygen atoms in total. The van der Waals surface area contributed by atoms with Crippen molar-refractivity contribution in [3.8, 4) is 0 Å². The van der Waals surface area contributed by atoms with E-state index in [9.17, 15) is 4.79 Å². The van der Waals surface area contributed by atoms with Gasteiger partial charge in [0, 0.05) is 43.5 Å². The summed E-state index contributed by atoms with van der Waals surface area (Å²) in [5.74, 6) is 1.21. The van der Waals surface area contributed by atoms with Crippen molar-refractivity contribution >= 4 is 28.9 Å². The normalized spacial score (nSPS) is 12.9. The van der Waals surface area contributed by atoms with Crippen LogP contribution in [-0.4, -0.2) is 44.1 Å². The first-order valence-electron chi connectivity index (χ1n) is 9.53. The van der Waals surface area contributed by atoms with Gasteiger partial charge in [0.25, 0.3) is 11.7 Å². The number of hydrogen-bond donors (Lipinski definition) is 1. The van der Waals surface area contributed by atoms with Crippen LogP contribution in [0.2, 0.25) is 0 Å². The summed E-state index contributed by atoms with van der Waals surface area (Å²) < 4.78 is 6.84. The van der Waals surface area contributed by atoms with Crippen molar-refractivity contribution in [2.75, 3.05) is 23.9 Å². The van der Waals surface area contributed by atoms with Crippen LogP contribution in [0.1, 0.15) is 21.6 Å². The Bertz CT molecular complexity index is 1220. The van der Waals surface area contributed by atoms with Crippen LogP contribution in [0, 0.1) is 0 Å². The second-order valence-corrected chi connectivity index (χ2v) is 6.95. The average Bonchev–Trinajstić information content (AvgIpc) is 3.41. The number of nitrogens with one attached hydrogen (secondary N) is 1. The van der Waals surface area contributed by atoms with Crippen LogP contribution >= 0.6 is 0 Å². The van der Waals surface area contributed by atoms with Crippen LogP contribution in [0.15, 0.2) is 55.1 Å². The predicted octanol–water partition coefficient (Wildman–Crippen LogP) is 2.61. The minimum absolute atomic E-state index is 0.0368. The van der Waals surface area contributed by atoms with Crippen molar-refractivity contribution in [1.29, 1.82) is 0 Å². The maximum atomic E-state index is 12.8. The maximum Gasteiger partial charge on any atom is 0.259 e. The fourth-order valence-corrected chi connectivity index (χ4v) is 3.66. The molecule has 150 valence electrons. The summed E-state index contributed by atoms with van der Waals surface area (Å²) in [4.78, 5) is 27.3. The smallest absolute Gasteiger partial charge is 0.259 e. The van der Waals surface area contributed by atoms with Gasteiger partial charge in [0.05, 0.1) is 17.9 Å². The standard InChI is InChI=1S/C21H19N7O2/c1-30-12-17-10-19(28-21(26-17)23-13-24-28)25-16-4-5-18-14(9-16)6-8-27(18)20(29)15-3-2-7-22-11-15/h2-5,7,9-11,13,25H,6,8,12H2,1H3. The van der Waals surface area contributed by atoms with E-state index in [1.54, 1.807) is 41.1 Å². The van der Waals surface area contributed by atoms with Crippen LogP contribution in [-0.2, 0) is 17.8 Å². The molecule has 1 aliphatic heterocycles. The summed E-state index contributed by atoms with van der Waals surface area (Å²) in [6.07, 6.45) is 5.52. The molecule has 1 aromatic carbocycles. The first-order chi connectivity index (χ1) is 14.7. The Hall–Kier alpha value is -3.85. The Morgan fingerprint density at radius 2 is 2.20 bits per heavy atom. The summed E-state index contributed by atoms with van der Waals surface area (Å²) in [7, 11) is 1.63. The van der Waals surface area contributed by atoms with Gasteiger partial charge >= 0.3 is 0 Å². The molecule has 30 heavy (non-hydrogen) atoms.